The number of rotatable bonds is 4. The van der Waals surface area contributed by atoms with Crippen LogP contribution in [-0.4, -0.2) is 25.4 Å². The molecule has 5 heteroatoms. The van der Waals surface area contributed by atoms with Crippen LogP contribution in [0.5, 0.6) is 0 Å². The monoisotopic (exact) mass is 393 g/mol. The van der Waals surface area contributed by atoms with Crippen molar-refractivity contribution in [2.24, 2.45) is 0 Å². The third-order valence-corrected chi connectivity index (χ3v) is 4.66. The molecule has 0 unspecified atom stereocenters. The molecule has 0 amide bonds. The molecule has 2 aromatic carbocycles. The molecule has 148 valence electrons. The highest BCUT2D eigenvalue weighted by molar-refractivity contribution is 5.73. The molecule has 3 heterocycles. The lowest BCUT2D eigenvalue weighted by Gasteiger charge is -1.99. The van der Waals surface area contributed by atoms with Gasteiger partial charge in [0.25, 0.3) is 0 Å². The highest BCUT2D eigenvalue weighted by Gasteiger charge is 2.10. The Hall–Kier alpha value is -3.99. The molecule has 0 fully saturated rings. The van der Waals surface area contributed by atoms with E-state index in [-0.39, 0.29) is 0 Å². The van der Waals surface area contributed by atoms with E-state index in [1.54, 1.807) is 0 Å². The second-order valence-electron chi connectivity index (χ2n) is 6.53. The van der Waals surface area contributed by atoms with Crippen LogP contribution in [0.2, 0.25) is 0 Å². The van der Waals surface area contributed by atoms with Crippen molar-refractivity contribution in [3.63, 3.8) is 0 Å². The topological polar surface area (TPSA) is 70.2 Å². The Kier molecular flexibility index (Phi) is 5.80. The minimum Gasteiger partial charge on any atom is -0.277 e. The number of nitrogens with zero attached hydrogens (tertiary/aromatic N) is 3. The zero-order valence-electron chi connectivity index (χ0n) is 17.0. The molecule has 0 bridgehead atoms. The van der Waals surface area contributed by atoms with Crippen LogP contribution in [0.3, 0.4) is 0 Å². The maximum atomic E-state index is 4.46. The molecule has 0 saturated heterocycles. The van der Waals surface area contributed by atoms with Gasteiger partial charge in [0.05, 0.1) is 22.8 Å². The zero-order valence-corrected chi connectivity index (χ0v) is 17.0. The van der Waals surface area contributed by atoms with Crippen molar-refractivity contribution in [1.82, 2.24) is 25.4 Å². The Morgan fingerprint density at radius 2 is 0.967 bits per heavy atom. The fourth-order valence-corrected chi connectivity index (χ4v) is 3.19. The molecular formula is C25H23N5. The predicted molar refractivity (Wildman–Crippen MR) is 122 cm³/mol. The molecule has 0 aliphatic heterocycles. The van der Waals surface area contributed by atoms with E-state index >= 15 is 0 Å². The SMILES string of the molecule is CC.c1ccc(-c2cc(-c3cncc(-c4cc(-c5ccccc5)[nH]n4)c3)n[nH]2)cc1. The second kappa shape index (κ2) is 9.01. The first-order valence-corrected chi connectivity index (χ1v) is 10.0. The normalized spacial score (nSPS) is 10.3. The number of hydrogen-bond donors (Lipinski definition) is 2. The molecule has 0 atom stereocenters. The Morgan fingerprint density at radius 1 is 0.533 bits per heavy atom. The summed E-state index contributed by atoms with van der Waals surface area (Å²) in [6.07, 6.45) is 3.64. The van der Waals surface area contributed by atoms with Gasteiger partial charge in [-0.3, -0.25) is 15.2 Å². The number of H-pyrrole nitrogens is 2. The minimum atomic E-state index is 0.854. The number of hydrogen-bond acceptors (Lipinski definition) is 3. The van der Waals surface area contributed by atoms with Gasteiger partial charge >= 0.3 is 0 Å². The molecule has 0 radical (unpaired) electrons. The van der Waals surface area contributed by atoms with Gasteiger partial charge < -0.3 is 0 Å². The summed E-state index contributed by atoms with van der Waals surface area (Å²) in [5.74, 6) is 0. The number of nitrogens with one attached hydrogen (secondary N) is 2. The van der Waals surface area contributed by atoms with E-state index in [1.807, 2.05) is 74.8 Å². The first kappa shape index (κ1) is 19.3. The van der Waals surface area contributed by atoms with Crippen molar-refractivity contribution in [2.75, 3.05) is 0 Å². The number of aromatic nitrogens is 5. The highest BCUT2D eigenvalue weighted by Crippen LogP contribution is 2.28. The molecule has 0 aliphatic carbocycles. The summed E-state index contributed by atoms with van der Waals surface area (Å²) < 4.78 is 0. The van der Waals surface area contributed by atoms with Crippen LogP contribution in [0, 0.1) is 0 Å². The molecule has 0 saturated carbocycles. The lowest BCUT2D eigenvalue weighted by atomic mass is 10.1. The van der Waals surface area contributed by atoms with Crippen LogP contribution < -0.4 is 0 Å². The molecule has 5 rings (SSSR count). The maximum absolute atomic E-state index is 4.46. The van der Waals surface area contributed by atoms with Crippen molar-refractivity contribution < 1.29 is 0 Å². The number of benzene rings is 2. The molecule has 0 spiro atoms. The van der Waals surface area contributed by atoms with Gasteiger partial charge in [0, 0.05) is 23.5 Å². The van der Waals surface area contributed by atoms with E-state index in [1.165, 1.54) is 0 Å². The van der Waals surface area contributed by atoms with E-state index in [2.05, 4.69) is 55.7 Å². The summed E-state index contributed by atoms with van der Waals surface area (Å²) in [5, 5.41) is 15.1. The van der Waals surface area contributed by atoms with E-state index in [4.69, 9.17) is 0 Å². The van der Waals surface area contributed by atoms with Crippen LogP contribution in [0.4, 0.5) is 0 Å². The van der Waals surface area contributed by atoms with Crippen molar-refractivity contribution in [1.29, 1.82) is 0 Å². The predicted octanol–water partition coefficient (Wildman–Crippen LogP) is 6.22. The van der Waals surface area contributed by atoms with Gasteiger partial charge in [-0.2, -0.15) is 10.2 Å². The smallest absolute Gasteiger partial charge is 0.0942 e. The summed E-state index contributed by atoms with van der Waals surface area (Å²) in [7, 11) is 0. The minimum absolute atomic E-state index is 0.854. The molecular weight excluding hydrogens is 370 g/mol. The lowest BCUT2D eigenvalue weighted by molar-refractivity contribution is 1.09. The van der Waals surface area contributed by atoms with E-state index in [0.717, 1.165) is 45.0 Å². The molecule has 5 aromatic rings. The Bertz CT molecular complexity index is 1110. The van der Waals surface area contributed by atoms with Gasteiger partial charge in [0.2, 0.25) is 0 Å². The van der Waals surface area contributed by atoms with Crippen LogP contribution in [0.15, 0.2) is 91.3 Å². The summed E-state index contributed by atoms with van der Waals surface area (Å²) in [6.45, 7) is 4.00. The molecule has 3 aromatic heterocycles. The quantitative estimate of drug-likeness (QED) is 0.381. The average Bonchev–Trinajstić information content (AvgIpc) is 3.52. The van der Waals surface area contributed by atoms with Crippen LogP contribution in [-0.2, 0) is 0 Å². The summed E-state index contributed by atoms with van der Waals surface area (Å²) in [5.41, 5.74) is 7.76. The van der Waals surface area contributed by atoms with Crippen molar-refractivity contribution in [3.8, 4) is 45.0 Å². The summed E-state index contributed by atoms with van der Waals surface area (Å²) >= 11 is 0. The van der Waals surface area contributed by atoms with Crippen LogP contribution in [0.25, 0.3) is 45.0 Å². The molecule has 30 heavy (non-hydrogen) atoms. The third kappa shape index (κ3) is 4.05. The molecule has 0 aliphatic rings. The highest BCUT2D eigenvalue weighted by atomic mass is 15.1. The average molecular weight is 393 g/mol. The summed E-state index contributed by atoms with van der Waals surface area (Å²) in [6, 6.07) is 26.4. The van der Waals surface area contributed by atoms with Crippen molar-refractivity contribution in [2.45, 2.75) is 13.8 Å². The Balaban J connectivity index is 0.00000106. The standard InChI is InChI=1S/C23H17N5.C2H6/c1-3-7-16(8-4-1)20-12-22(27-25-20)18-11-19(15-24-14-18)23-13-21(26-28-23)17-9-5-2-6-10-17;1-2/h1-15H,(H,25,27)(H,26,28);1-2H3. The van der Waals surface area contributed by atoms with Gasteiger partial charge in [0.15, 0.2) is 0 Å². The van der Waals surface area contributed by atoms with E-state index in [9.17, 15) is 0 Å². The second-order valence-corrected chi connectivity index (χ2v) is 6.53. The van der Waals surface area contributed by atoms with Crippen molar-refractivity contribution in [3.05, 3.63) is 91.3 Å². The molecule has 2 N–H and O–H groups in total. The maximum Gasteiger partial charge on any atom is 0.0942 e. The zero-order chi connectivity index (χ0) is 20.8. The fourth-order valence-electron chi connectivity index (χ4n) is 3.19. The van der Waals surface area contributed by atoms with Gasteiger partial charge in [-0.15, -0.1) is 0 Å². The molecule has 5 nitrogen and oxygen atoms in total. The first-order chi connectivity index (χ1) is 14.9. The van der Waals surface area contributed by atoms with E-state index < -0.39 is 0 Å². The Morgan fingerprint density at radius 3 is 1.40 bits per heavy atom. The summed E-state index contributed by atoms with van der Waals surface area (Å²) in [4.78, 5) is 4.39. The van der Waals surface area contributed by atoms with Gasteiger partial charge in [-0.05, 0) is 29.3 Å². The number of pyridine rings is 1. The third-order valence-electron chi connectivity index (χ3n) is 4.66. The van der Waals surface area contributed by atoms with Gasteiger partial charge in [-0.25, -0.2) is 0 Å². The first-order valence-electron chi connectivity index (χ1n) is 10.0. The van der Waals surface area contributed by atoms with Gasteiger partial charge in [-0.1, -0.05) is 74.5 Å². The van der Waals surface area contributed by atoms with Crippen molar-refractivity contribution >= 4 is 0 Å². The fraction of sp³-hybridized carbons (Fsp3) is 0.0800. The Labute approximate surface area is 175 Å². The number of aromatic amines is 2. The largest absolute Gasteiger partial charge is 0.277 e. The van der Waals surface area contributed by atoms with E-state index in [0.29, 0.717) is 0 Å². The lowest BCUT2D eigenvalue weighted by Crippen LogP contribution is -1.84. The van der Waals surface area contributed by atoms with Crippen LogP contribution >= 0.6 is 0 Å². The van der Waals surface area contributed by atoms with Gasteiger partial charge in [0.1, 0.15) is 0 Å². The van der Waals surface area contributed by atoms with Crippen LogP contribution in [0.1, 0.15) is 13.8 Å².